The summed E-state index contributed by atoms with van der Waals surface area (Å²) in [6.07, 6.45) is -5.47. The van der Waals surface area contributed by atoms with Crippen LogP contribution >= 0.6 is 0 Å². The predicted octanol–water partition coefficient (Wildman–Crippen LogP) is 2.61. The lowest BCUT2D eigenvalue weighted by atomic mass is 9.77. The third-order valence-corrected chi connectivity index (χ3v) is 5.74. The van der Waals surface area contributed by atoms with Crippen LogP contribution in [0, 0.1) is 17.6 Å². The highest BCUT2D eigenvalue weighted by atomic mass is 19.4. The number of carbonyl (C=O) groups is 1. The number of nitrogens with one attached hydrogen (secondary N) is 1. The van der Waals surface area contributed by atoms with Crippen LogP contribution in [0.1, 0.15) is 25.3 Å². The highest BCUT2D eigenvalue weighted by Gasteiger charge is 2.66. The van der Waals surface area contributed by atoms with E-state index in [-0.39, 0.29) is 18.2 Å². The first-order valence-electron chi connectivity index (χ1n) is 10.1. The summed E-state index contributed by atoms with van der Waals surface area (Å²) < 4.78 is 86.9. The summed E-state index contributed by atoms with van der Waals surface area (Å²) in [4.78, 5) is 16.9. The van der Waals surface area contributed by atoms with Crippen molar-refractivity contribution in [3.05, 3.63) is 35.7 Å². The number of nitrogens with zero attached hydrogens (tertiary/aromatic N) is 3. The van der Waals surface area contributed by atoms with E-state index in [1.807, 2.05) is 0 Å². The standard InChI is InChI=1S/C20H23F5N4O5/c1-10-13(11-4-5-12(21)14(22)15(11)33-7-6-30)16(34-19(10,2)20(23,24)25)17(31)27-18-26-8-29(28-18)9-32-3/h4-5,8,10,13,16,30H,6-7,9H2,1-3H3,(H,27,28,31)/t10-,13-,16+,19+/m0/s1. The fourth-order valence-electron chi connectivity index (χ4n) is 3.85. The maximum Gasteiger partial charge on any atom is 0.417 e. The molecule has 1 aliphatic heterocycles. The maximum absolute atomic E-state index is 14.6. The van der Waals surface area contributed by atoms with Crippen LogP contribution in [0.2, 0.25) is 0 Å². The van der Waals surface area contributed by atoms with E-state index in [9.17, 15) is 26.7 Å². The van der Waals surface area contributed by atoms with Crippen LogP contribution in [0.3, 0.4) is 0 Å². The van der Waals surface area contributed by atoms with E-state index in [0.29, 0.717) is 0 Å². The monoisotopic (exact) mass is 494 g/mol. The van der Waals surface area contributed by atoms with Crippen LogP contribution in [0.5, 0.6) is 5.75 Å². The van der Waals surface area contributed by atoms with Gasteiger partial charge in [-0.2, -0.15) is 17.6 Å². The zero-order valence-electron chi connectivity index (χ0n) is 18.4. The van der Waals surface area contributed by atoms with Gasteiger partial charge in [0, 0.05) is 24.5 Å². The van der Waals surface area contributed by atoms with E-state index in [2.05, 4.69) is 15.4 Å². The van der Waals surface area contributed by atoms with Crippen LogP contribution in [0.15, 0.2) is 18.5 Å². The summed E-state index contributed by atoms with van der Waals surface area (Å²) in [7, 11) is 1.40. The molecule has 188 valence electrons. The van der Waals surface area contributed by atoms with Crippen molar-refractivity contribution in [3.8, 4) is 5.75 Å². The Morgan fingerprint density at radius 2 is 2.06 bits per heavy atom. The topological polar surface area (TPSA) is 108 Å². The summed E-state index contributed by atoms with van der Waals surface area (Å²) >= 11 is 0. The molecule has 2 N–H and O–H groups in total. The number of anilines is 1. The molecule has 0 bridgehead atoms. The van der Waals surface area contributed by atoms with Gasteiger partial charge in [0.15, 0.2) is 17.2 Å². The third-order valence-electron chi connectivity index (χ3n) is 5.74. The number of hydrogen-bond acceptors (Lipinski definition) is 7. The molecule has 1 aliphatic rings. The van der Waals surface area contributed by atoms with Crippen molar-refractivity contribution in [3.63, 3.8) is 0 Å². The molecule has 2 aromatic rings. The first-order valence-corrected chi connectivity index (χ1v) is 10.1. The van der Waals surface area contributed by atoms with E-state index < -0.39 is 66.2 Å². The Hall–Kier alpha value is -2.84. The van der Waals surface area contributed by atoms with E-state index in [1.165, 1.54) is 25.0 Å². The summed E-state index contributed by atoms with van der Waals surface area (Å²) in [6.45, 7) is 0.955. The molecule has 9 nitrogen and oxygen atoms in total. The van der Waals surface area contributed by atoms with E-state index in [4.69, 9.17) is 19.3 Å². The summed E-state index contributed by atoms with van der Waals surface area (Å²) in [5.41, 5.74) is -3.02. The lowest BCUT2D eigenvalue weighted by Gasteiger charge is -2.32. The zero-order valence-corrected chi connectivity index (χ0v) is 18.4. The van der Waals surface area contributed by atoms with Crippen LogP contribution in [0.25, 0.3) is 0 Å². The maximum atomic E-state index is 14.6. The van der Waals surface area contributed by atoms with Crippen molar-refractivity contribution in [1.29, 1.82) is 0 Å². The number of ether oxygens (including phenoxy) is 3. The first kappa shape index (κ1) is 25.8. The number of aliphatic hydroxyl groups is 1. The predicted molar refractivity (Wildman–Crippen MR) is 106 cm³/mol. The number of benzene rings is 1. The van der Waals surface area contributed by atoms with E-state index >= 15 is 0 Å². The van der Waals surface area contributed by atoms with Gasteiger partial charge < -0.3 is 19.3 Å². The molecule has 0 radical (unpaired) electrons. The molecule has 2 heterocycles. The lowest BCUT2D eigenvalue weighted by Crippen LogP contribution is -2.47. The Morgan fingerprint density at radius 3 is 2.68 bits per heavy atom. The number of alkyl halides is 3. The highest BCUT2D eigenvalue weighted by molar-refractivity contribution is 5.94. The van der Waals surface area contributed by atoms with Gasteiger partial charge in [0.1, 0.15) is 25.8 Å². The molecule has 1 amide bonds. The number of aliphatic hydroxyl groups excluding tert-OH is 1. The van der Waals surface area contributed by atoms with E-state index in [0.717, 1.165) is 19.1 Å². The van der Waals surface area contributed by atoms with Gasteiger partial charge in [-0.1, -0.05) is 13.0 Å². The minimum absolute atomic E-state index is 0.00894. The second kappa shape index (κ2) is 9.80. The molecule has 1 aromatic carbocycles. The largest absolute Gasteiger partial charge is 0.488 e. The van der Waals surface area contributed by atoms with Gasteiger partial charge >= 0.3 is 6.18 Å². The summed E-state index contributed by atoms with van der Waals surface area (Å²) in [6, 6.07) is 1.75. The van der Waals surface area contributed by atoms with Crippen LogP contribution in [-0.4, -0.2) is 64.0 Å². The molecule has 1 saturated heterocycles. The molecule has 34 heavy (non-hydrogen) atoms. The fourth-order valence-corrected chi connectivity index (χ4v) is 3.85. The van der Waals surface area contributed by atoms with Crippen LogP contribution < -0.4 is 10.1 Å². The first-order chi connectivity index (χ1) is 15.9. The molecule has 0 spiro atoms. The molecule has 3 rings (SSSR count). The normalized spacial score (nSPS) is 24.9. The number of rotatable bonds is 8. The van der Waals surface area contributed by atoms with Gasteiger partial charge in [-0.25, -0.2) is 14.1 Å². The van der Waals surface area contributed by atoms with Crippen molar-refractivity contribution in [2.24, 2.45) is 5.92 Å². The summed E-state index contributed by atoms with van der Waals surface area (Å²) in [5.74, 6) is -7.56. The molecule has 0 aliphatic carbocycles. The molecule has 1 fully saturated rings. The minimum atomic E-state index is -4.90. The fraction of sp³-hybridized carbons (Fsp3) is 0.550. The van der Waals surface area contributed by atoms with Crippen molar-refractivity contribution in [2.75, 3.05) is 25.6 Å². The van der Waals surface area contributed by atoms with Crippen molar-refractivity contribution >= 4 is 11.9 Å². The van der Waals surface area contributed by atoms with Crippen molar-refractivity contribution < 1.29 is 46.1 Å². The van der Waals surface area contributed by atoms with Crippen molar-refractivity contribution in [2.45, 2.75) is 44.4 Å². The van der Waals surface area contributed by atoms with Gasteiger partial charge in [-0.05, 0) is 13.0 Å². The van der Waals surface area contributed by atoms with Gasteiger partial charge in [0.2, 0.25) is 11.8 Å². The molecule has 1 aromatic heterocycles. The number of hydrogen-bond donors (Lipinski definition) is 2. The smallest absolute Gasteiger partial charge is 0.417 e. The molecular formula is C20H23F5N4O5. The number of halogens is 5. The quantitative estimate of drug-likeness (QED) is 0.544. The van der Waals surface area contributed by atoms with E-state index in [1.54, 1.807) is 0 Å². The van der Waals surface area contributed by atoms with Crippen LogP contribution in [-0.2, 0) is 21.0 Å². The number of carbonyl (C=O) groups excluding carboxylic acids is 1. The average Bonchev–Trinajstić information content (AvgIpc) is 3.32. The second-order valence-corrected chi connectivity index (χ2v) is 7.82. The lowest BCUT2D eigenvalue weighted by molar-refractivity contribution is -0.272. The van der Waals surface area contributed by atoms with Gasteiger partial charge in [-0.3, -0.25) is 10.1 Å². The Kier molecular flexibility index (Phi) is 7.43. The van der Waals surface area contributed by atoms with Crippen molar-refractivity contribution in [1.82, 2.24) is 14.8 Å². The molecular weight excluding hydrogens is 471 g/mol. The average molecular weight is 494 g/mol. The number of methoxy groups -OCH3 is 1. The van der Waals surface area contributed by atoms with Gasteiger partial charge in [0.25, 0.3) is 5.91 Å². The Labute approximate surface area is 190 Å². The SMILES string of the molecule is COCn1cnc(NC(=O)[C@@H]2O[C@@](C)(C(F)(F)F)[C@@H](C)[C@H]2c2ccc(F)c(F)c2OCCO)n1. The Bertz CT molecular complexity index is 1030. The second-order valence-electron chi connectivity index (χ2n) is 7.82. The minimum Gasteiger partial charge on any atom is -0.488 e. The molecule has 0 unspecified atom stereocenters. The molecule has 4 atom stereocenters. The Morgan fingerprint density at radius 1 is 1.35 bits per heavy atom. The zero-order chi connectivity index (χ0) is 25.3. The van der Waals surface area contributed by atoms with Gasteiger partial charge in [0.05, 0.1) is 6.61 Å². The number of aromatic nitrogens is 3. The number of amides is 1. The Balaban J connectivity index is 2.04. The highest BCUT2D eigenvalue weighted by Crippen LogP contribution is 2.55. The molecule has 0 saturated carbocycles. The van der Waals surface area contributed by atoms with Crippen LogP contribution in [0.4, 0.5) is 27.9 Å². The third kappa shape index (κ3) is 4.70. The molecule has 14 heteroatoms. The summed E-state index contributed by atoms with van der Waals surface area (Å²) in [5, 5.41) is 15.2. The van der Waals surface area contributed by atoms with Gasteiger partial charge in [-0.15, -0.1) is 5.10 Å².